The van der Waals surface area contributed by atoms with Crippen molar-refractivity contribution in [3.8, 4) is 0 Å². The molecule has 7 heteroatoms. The first kappa shape index (κ1) is 17.7. The number of nitrogens with zero attached hydrogens (tertiary/aromatic N) is 1. The van der Waals surface area contributed by atoms with E-state index in [0.29, 0.717) is 22.3 Å². The lowest BCUT2D eigenvalue weighted by molar-refractivity contribution is -0.138. The molecule has 0 aliphatic carbocycles. The Morgan fingerprint density at radius 1 is 1.23 bits per heavy atom. The Hall–Kier alpha value is -1.66. The Bertz CT molecular complexity index is 989. The fourth-order valence-corrected chi connectivity index (χ4v) is 4.82. The highest BCUT2D eigenvalue weighted by atomic mass is 35.5. The summed E-state index contributed by atoms with van der Waals surface area (Å²) in [4.78, 5) is 11.2. The van der Waals surface area contributed by atoms with Crippen molar-refractivity contribution >= 4 is 51.8 Å². The zero-order chi connectivity index (χ0) is 18.3. The summed E-state index contributed by atoms with van der Waals surface area (Å²) in [6.07, 6.45) is 2.10. The van der Waals surface area contributed by atoms with Crippen LogP contribution in [0.25, 0.3) is 10.9 Å². The molecule has 2 heterocycles. The Morgan fingerprint density at radius 3 is 2.77 bits per heavy atom. The molecule has 0 radical (unpaired) electrons. The average Bonchev–Trinajstić information content (AvgIpc) is 3.24. The van der Waals surface area contributed by atoms with Crippen LogP contribution in [0.15, 0.2) is 48.7 Å². The van der Waals surface area contributed by atoms with E-state index in [2.05, 4.69) is 28.2 Å². The first-order valence-corrected chi connectivity index (χ1v) is 9.95. The van der Waals surface area contributed by atoms with Crippen molar-refractivity contribution in [2.45, 2.75) is 18.0 Å². The molecule has 0 bridgehead atoms. The van der Waals surface area contributed by atoms with Gasteiger partial charge in [0.2, 0.25) is 0 Å². The summed E-state index contributed by atoms with van der Waals surface area (Å²) < 4.78 is 2.17. The Kier molecular flexibility index (Phi) is 4.88. The van der Waals surface area contributed by atoms with E-state index >= 15 is 0 Å². The molecule has 1 saturated heterocycles. The Labute approximate surface area is 165 Å². The maximum absolute atomic E-state index is 11.2. The molecule has 2 atom stereocenters. The first-order valence-electron chi connectivity index (χ1n) is 8.15. The molecule has 1 aliphatic rings. The summed E-state index contributed by atoms with van der Waals surface area (Å²) in [6.45, 7) is 0.664. The van der Waals surface area contributed by atoms with Gasteiger partial charge >= 0.3 is 5.97 Å². The number of rotatable bonds is 4. The largest absolute Gasteiger partial charge is 0.480 e. The normalized spacial score (nSPS) is 19.9. The van der Waals surface area contributed by atoms with Gasteiger partial charge in [0.05, 0.1) is 15.4 Å². The predicted molar refractivity (Wildman–Crippen MR) is 107 cm³/mol. The number of carboxylic acids is 1. The summed E-state index contributed by atoms with van der Waals surface area (Å²) >= 11 is 13.8. The summed E-state index contributed by atoms with van der Waals surface area (Å²) in [5.41, 5.74) is 3.27. The van der Waals surface area contributed by atoms with Gasteiger partial charge in [-0.05, 0) is 23.8 Å². The van der Waals surface area contributed by atoms with Gasteiger partial charge in [-0.1, -0.05) is 47.5 Å². The topological polar surface area (TPSA) is 54.3 Å². The van der Waals surface area contributed by atoms with Gasteiger partial charge in [-0.15, -0.1) is 11.8 Å². The molecule has 3 aromatic rings. The number of benzene rings is 2. The van der Waals surface area contributed by atoms with Gasteiger partial charge in [-0.3, -0.25) is 10.1 Å². The summed E-state index contributed by atoms with van der Waals surface area (Å²) in [5, 5.41) is 14.6. The number of halogens is 2. The van der Waals surface area contributed by atoms with Crippen molar-refractivity contribution in [3.05, 3.63) is 69.8 Å². The van der Waals surface area contributed by atoms with Crippen molar-refractivity contribution in [3.63, 3.8) is 0 Å². The number of thioether (sulfide) groups is 1. The molecular weight excluding hydrogens is 391 g/mol. The van der Waals surface area contributed by atoms with Gasteiger partial charge < -0.3 is 9.67 Å². The van der Waals surface area contributed by atoms with E-state index in [0.717, 1.165) is 22.0 Å². The number of carbonyl (C=O) groups is 1. The third kappa shape index (κ3) is 3.32. The lowest BCUT2D eigenvalue weighted by atomic mass is 10.1. The summed E-state index contributed by atoms with van der Waals surface area (Å²) in [7, 11) is 0. The van der Waals surface area contributed by atoms with Gasteiger partial charge in [0, 0.05) is 35.0 Å². The molecule has 2 aromatic carbocycles. The van der Waals surface area contributed by atoms with Crippen LogP contribution in [0.4, 0.5) is 0 Å². The van der Waals surface area contributed by atoms with Gasteiger partial charge in [0.25, 0.3) is 0 Å². The number of nitrogens with one attached hydrogen (secondary N) is 1. The van der Waals surface area contributed by atoms with E-state index in [1.165, 1.54) is 0 Å². The van der Waals surface area contributed by atoms with Crippen LogP contribution in [-0.2, 0) is 11.3 Å². The fraction of sp³-hybridized carbons (Fsp3) is 0.211. The van der Waals surface area contributed by atoms with Crippen LogP contribution in [0.2, 0.25) is 10.0 Å². The molecule has 4 nitrogen and oxygen atoms in total. The second-order valence-corrected chi connectivity index (χ2v) is 8.20. The maximum Gasteiger partial charge on any atom is 0.321 e. The number of para-hydroxylation sites is 1. The van der Waals surface area contributed by atoms with Gasteiger partial charge in [-0.2, -0.15) is 0 Å². The maximum atomic E-state index is 11.2. The minimum Gasteiger partial charge on any atom is -0.480 e. The number of carboxylic acid groups (broad SMARTS) is 1. The lowest BCUT2D eigenvalue weighted by Gasteiger charge is -2.10. The van der Waals surface area contributed by atoms with Gasteiger partial charge in [0.15, 0.2) is 0 Å². The molecular formula is C19H16Cl2N2O2S. The van der Waals surface area contributed by atoms with Crippen molar-refractivity contribution < 1.29 is 9.90 Å². The molecule has 1 fully saturated rings. The fourth-order valence-electron chi connectivity index (χ4n) is 3.24. The van der Waals surface area contributed by atoms with Crippen LogP contribution in [0.1, 0.15) is 16.5 Å². The Balaban J connectivity index is 1.70. The second-order valence-electron chi connectivity index (χ2n) is 6.25. The van der Waals surface area contributed by atoms with Crippen LogP contribution in [-0.4, -0.2) is 27.4 Å². The molecule has 1 aromatic heterocycles. The molecule has 4 rings (SSSR count). The molecule has 0 spiro atoms. The van der Waals surface area contributed by atoms with Crippen LogP contribution >= 0.6 is 35.0 Å². The number of aliphatic carboxylic acids is 1. The minimum atomic E-state index is -0.806. The number of aromatic nitrogens is 1. The standard InChI is InChI=1S/C19H16Cl2N2O2S/c20-14-6-5-11(7-15(14)21)8-23-9-13(12-3-1-2-4-17(12)23)18-22-16(10-26-18)19(24)25/h1-7,9,16,18,22H,8,10H2,(H,24,25)/t16-,18+/m1/s1. The summed E-state index contributed by atoms with van der Waals surface area (Å²) in [5.74, 6) is -0.244. The van der Waals surface area contributed by atoms with Crippen molar-refractivity contribution in [1.29, 1.82) is 0 Å². The monoisotopic (exact) mass is 406 g/mol. The van der Waals surface area contributed by atoms with Crippen LogP contribution < -0.4 is 5.32 Å². The molecule has 0 saturated carbocycles. The molecule has 26 heavy (non-hydrogen) atoms. The van der Waals surface area contributed by atoms with Crippen LogP contribution in [0.3, 0.4) is 0 Å². The number of fused-ring (bicyclic) bond motifs is 1. The second kappa shape index (κ2) is 7.16. The smallest absolute Gasteiger partial charge is 0.321 e. The average molecular weight is 407 g/mol. The zero-order valence-electron chi connectivity index (χ0n) is 13.7. The molecule has 0 unspecified atom stereocenters. The van der Waals surface area contributed by atoms with E-state index < -0.39 is 12.0 Å². The predicted octanol–water partition coefficient (Wildman–Crippen LogP) is 4.78. The lowest BCUT2D eigenvalue weighted by Crippen LogP contribution is -2.33. The highest BCUT2D eigenvalue weighted by Gasteiger charge is 2.32. The SMILES string of the molecule is O=C(O)[C@H]1CS[C@@H](c2cn(Cc3ccc(Cl)c(Cl)c3)c3ccccc23)N1. The van der Waals surface area contributed by atoms with E-state index in [1.807, 2.05) is 24.3 Å². The van der Waals surface area contributed by atoms with E-state index in [9.17, 15) is 9.90 Å². The van der Waals surface area contributed by atoms with E-state index in [1.54, 1.807) is 17.8 Å². The summed E-state index contributed by atoms with van der Waals surface area (Å²) in [6, 6.07) is 13.3. The van der Waals surface area contributed by atoms with E-state index in [-0.39, 0.29) is 5.37 Å². The highest BCUT2D eigenvalue weighted by molar-refractivity contribution is 7.99. The van der Waals surface area contributed by atoms with Crippen LogP contribution in [0.5, 0.6) is 0 Å². The zero-order valence-corrected chi connectivity index (χ0v) is 16.0. The van der Waals surface area contributed by atoms with Crippen molar-refractivity contribution in [1.82, 2.24) is 9.88 Å². The molecule has 0 amide bonds. The molecule has 2 N–H and O–H groups in total. The quantitative estimate of drug-likeness (QED) is 0.654. The van der Waals surface area contributed by atoms with Crippen molar-refractivity contribution in [2.75, 3.05) is 5.75 Å². The third-order valence-corrected chi connectivity index (χ3v) is 6.51. The van der Waals surface area contributed by atoms with Gasteiger partial charge in [-0.25, -0.2) is 0 Å². The number of hydrogen-bond acceptors (Lipinski definition) is 3. The minimum absolute atomic E-state index is 0.0314. The van der Waals surface area contributed by atoms with Crippen molar-refractivity contribution in [2.24, 2.45) is 0 Å². The third-order valence-electron chi connectivity index (χ3n) is 4.52. The highest BCUT2D eigenvalue weighted by Crippen LogP contribution is 2.38. The molecule has 1 aliphatic heterocycles. The van der Waals surface area contributed by atoms with Gasteiger partial charge in [0.1, 0.15) is 6.04 Å². The number of hydrogen-bond donors (Lipinski definition) is 2. The molecule has 134 valence electrons. The van der Waals surface area contributed by atoms with Crippen LogP contribution in [0, 0.1) is 0 Å². The Morgan fingerprint density at radius 2 is 2.04 bits per heavy atom. The van der Waals surface area contributed by atoms with E-state index in [4.69, 9.17) is 23.2 Å². The first-order chi connectivity index (χ1) is 12.5.